The van der Waals surface area contributed by atoms with Crippen LogP contribution in [0.2, 0.25) is 0 Å². The van der Waals surface area contributed by atoms with Gasteiger partial charge < -0.3 is 0 Å². The Morgan fingerprint density at radius 2 is 1.35 bits per heavy atom. The van der Waals surface area contributed by atoms with Gasteiger partial charge >= 0.3 is 0 Å². The predicted molar refractivity (Wildman–Crippen MR) is 79.4 cm³/mol. The average molecular weight is 308 g/mol. The second-order valence-corrected chi connectivity index (χ2v) is 6.65. The largest absolute Gasteiger partial charge is 0.293 e. The van der Waals surface area contributed by atoms with E-state index in [9.17, 15) is 20.1 Å². The van der Waals surface area contributed by atoms with Gasteiger partial charge in [-0.05, 0) is 25.0 Å². The summed E-state index contributed by atoms with van der Waals surface area (Å²) in [5.41, 5.74) is 0. The third kappa shape index (κ3) is 1.99. The summed E-state index contributed by atoms with van der Waals surface area (Å²) >= 11 is 0. The predicted octanol–water partition coefficient (Wildman–Crippen LogP) is 0.387. The molecule has 4 heterocycles. The van der Waals surface area contributed by atoms with Crippen LogP contribution >= 0.6 is 0 Å². The van der Waals surface area contributed by atoms with Gasteiger partial charge in [0.25, 0.3) is 0 Å². The molecule has 2 saturated heterocycles. The first-order chi connectivity index (χ1) is 11.1. The molecular formula is C17H16N4O2. The van der Waals surface area contributed by atoms with E-state index < -0.39 is 0 Å². The Hall–Kier alpha value is -2.28. The zero-order chi connectivity index (χ0) is 16.1. The summed E-state index contributed by atoms with van der Waals surface area (Å²) in [7, 11) is 0. The molecule has 0 spiro atoms. The molecule has 23 heavy (non-hydrogen) atoms. The minimum atomic E-state index is -0.282. The van der Waals surface area contributed by atoms with Crippen molar-refractivity contribution >= 4 is 11.6 Å². The molecule has 0 N–H and O–H groups in total. The van der Waals surface area contributed by atoms with E-state index in [0.717, 1.165) is 0 Å². The van der Waals surface area contributed by atoms with Gasteiger partial charge in [-0.1, -0.05) is 12.2 Å². The lowest BCUT2D eigenvalue weighted by Gasteiger charge is -2.39. The number of nitriles is 2. The molecule has 0 aromatic carbocycles. The number of ketones is 2. The van der Waals surface area contributed by atoms with Crippen LogP contribution in [-0.4, -0.2) is 52.2 Å². The molecule has 6 heteroatoms. The van der Waals surface area contributed by atoms with Gasteiger partial charge in [-0.15, -0.1) is 0 Å². The summed E-state index contributed by atoms with van der Waals surface area (Å²) in [6.07, 6.45) is 7.87. The van der Waals surface area contributed by atoms with Crippen LogP contribution in [0.5, 0.6) is 0 Å². The van der Waals surface area contributed by atoms with E-state index >= 15 is 0 Å². The summed E-state index contributed by atoms with van der Waals surface area (Å²) in [5, 5.41) is 18.6. The first-order valence-electron chi connectivity index (χ1n) is 7.89. The Kier molecular flexibility index (Phi) is 3.19. The smallest absolute Gasteiger partial charge is 0.172 e. The maximum absolute atomic E-state index is 12.1. The summed E-state index contributed by atoms with van der Waals surface area (Å²) in [5.74, 6) is -0.324. The Labute approximate surface area is 134 Å². The normalized spacial score (nSPS) is 42.0. The molecule has 0 amide bonds. The number of rotatable bonds is 2. The van der Waals surface area contributed by atoms with E-state index in [4.69, 9.17) is 0 Å². The Bertz CT molecular complexity index is 653. The molecular weight excluding hydrogens is 292 g/mol. The third-order valence-corrected chi connectivity index (χ3v) is 5.58. The lowest BCUT2D eigenvalue weighted by atomic mass is 10.0. The van der Waals surface area contributed by atoms with Crippen LogP contribution in [0, 0.1) is 34.5 Å². The van der Waals surface area contributed by atoms with Crippen molar-refractivity contribution in [2.75, 3.05) is 6.67 Å². The molecule has 4 bridgehead atoms. The van der Waals surface area contributed by atoms with E-state index in [2.05, 4.69) is 12.1 Å². The highest BCUT2D eigenvalue weighted by Crippen LogP contribution is 2.39. The van der Waals surface area contributed by atoms with E-state index in [1.807, 2.05) is 22.0 Å². The molecule has 0 aromatic rings. The van der Waals surface area contributed by atoms with Gasteiger partial charge in [0.1, 0.15) is 0 Å². The van der Waals surface area contributed by atoms with Gasteiger partial charge in [-0.2, -0.15) is 10.5 Å². The topological polar surface area (TPSA) is 88.2 Å². The zero-order valence-corrected chi connectivity index (χ0v) is 12.5. The molecule has 6 nitrogen and oxygen atoms in total. The first-order valence-corrected chi connectivity index (χ1v) is 7.89. The molecule has 116 valence electrons. The molecule has 0 radical (unpaired) electrons. The monoisotopic (exact) mass is 308 g/mol. The molecule has 4 rings (SSSR count). The maximum atomic E-state index is 12.1. The minimum absolute atomic E-state index is 0.0297. The van der Waals surface area contributed by atoms with E-state index in [0.29, 0.717) is 19.5 Å². The van der Waals surface area contributed by atoms with Gasteiger partial charge in [-0.25, -0.2) is 0 Å². The number of carbonyl (C=O) groups excluding carboxylic acids is 2. The molecule has 4 unspecified atom stereocenters. The van der Waals surface area contributed by atoms with E-state index in [1.54, 1.807) is 12.2 Å². The van der Waals surface area contributed by atoms with E-state index in [1.165, 1.54) is 0 Å². The standard InChI is InChI=1S/C17H16N4O2/c18-7-10-5-14-16(22)3-1-12(10)20(14)9-21-13-2-4-17(23)15(21)6-11(13)8-19/h1-4,10-15H,5-6,9H2/t10-,11-,12?,13?,14?,15?/m0/s1. The number of carbonyl (C=O) groups is 2. The highest BCUT2D eigenvalue weighted by molar-refractivity contribution is 5.96. The number of fused-ring (bicyclic) bond motifs is 4. The lowest BCUT2D eigenvalue weighted by Crippen LogP contribution is -2.54. The molecule has 0 aliphatic carbocycles. The highest BCUT2D eigenvalue weighted by atomic mass is 16.1. The Balaban J connectivity index is 1.62. The van der Waals surface area contributed by atoms with Crippen molar-refractivity contribution in [1.29, 1.82) is 10.5 Å². The fourth-order valence-corrected chi connectivity index (χ4v) is 4.40. The summed E-state index contributed by atoms with van der Waals surface area (Å²) in [6.45, 7) is 0.452. The second kappa shape index (κ2) is 5.13. The van der Waals surface area contributed by atoms with Crippen molar-refractivity contribution in [3.8, 4) is 12.1 Å². The van der Waals surface area contributed by atoms with Crippen LogP contribution in [0.1, 0.15) is 12.8 Å². The molecule has 0 aromatic heterocycles. The van der Waals surface area contributed by atoms with Crippen molar-refractivity contribution in [3.05, 3.63) is 24.3 Å². The second-order valence-electron chi connectivity index (χ2n) is 6.65. The van der Waals surface area contributed by atoms with Crippen LogP contribution in [0.4, 0.5) is 0 Å². The van der Waals surface area contributed by atoms with Crippen molar-refractivity contribution in [2.45, 2.75) is 37.0 Å². The van der Waals surface area contributed by atoms with Crippen molar-refractivity contribution in [1.82, 2.24) is 9.80 Å². The summed E-state index contributed by atoms with van der Waals surface area (Å²) in [4.78, 5) is 28.3. The van der Waals surface area contributed by atoms with Crippen LogP contribution < -0.4 is 0 Å². The highest BCUT2D eigenvalue weighted by Gasteiger charge is 2.50. The quantitative estimate of drug-likeness (QED) is 0.733. The fourth-order valence-electron chi connectivity index (χ4n) is 4.40. The lowest BCUT2D eigenvalue weighted by molar-refractivity contribution is -0.122. The molecule has 4 aliphatic heterocycles. The third-order valence-electron chi connectivity index (χ3n) is 5.58. The number of hydrogen-bond donors (Lipinski definition) is 0. The van der Waals surface area contributed by atoms with Crippen LogP contribution in [0.15, 0.2) is 24.3 Å². The van der Waals surface area contributed by atoms with Crippen LogP contribution in [0.3, 0.4) is 0 Å². The Morgan fingerprint density at radius 3 is 1.74 bits per heavy atom. The Morgan fingerprint density at radius 1 is 0.913 bits per heavy atom. The molecule has 0 saturated carbocycles. The average Bonchev–Trinajstić information content (AvgIpc) is 2.96. The van der Waals surface area contributed by atoms with Crippen LogP contribution in [0.25, 0.3) is 0 Å². The summed E-state index contributed by atoms with van der Waals surface area (Å²) in [6, 6.07) is 3.86. The van der Waals surface area contributed by atoms with Gasteiger partial charge in [0, 0.05) is 12.1 Å². The number of nitrogens with zero attached hydrogens (tertiary/aromatic N) is 4. The fraction of sp³-hybridized carbons (Fsp3) is 0.529. The van der Waals surface area contributed by atoms with Gasteiger partial charge in [-0.3, -0.25) is 19.4 Å². The molecule has 4 aliphatic rings. The van der Waals surface area contributed by atoms with Gasteiger partial charge in [0.05, 0.1) is 42.7 Å². The number of hydrogen-bond acceptors (Lipinski definition) is 6. The van der Waals surface area contributed by atoms with Crippen molar-refractivity contribution < 1.29 is 9.59 Å². The summed E-state index contributed by atoms with van der Waals surface area (Å²) < 4.78 is 0. The SMILES string of the molecule is N#C[C@@H]1CC2C(=O)C=CC1N2CN1C2C[C@@H](C#N)C1C=CC2=O. The first kappa shape index (κ1) is 14.3. The van der Waals surface area contributed by atoms with Crippen molar-refractivity contribution in [2.24, 2.45) is 11.8 Å². The minimum Gasteiger partial charge on any atom is -0.293 e. The van der Waals surface area contributed by atoms with Gasteiger partial charge in [0.15, 0.2) is 11.6 Å². The van der Waals surface area contributed by atoms with E-state index in [-0.39, 0.29) is 47.6 Å². The van der Waals surface area contributed by atoms with Crippen molar-refractivity contribution in [3.63, 3.8) is 0 Å². The zero-order valence-electron chi connectivity index (χ0n) is 12.5. The molecule has 2 fully saturated rings. The molecule has 6 atom stereocenters. The van der Waals surface area contributed by atoms with Gasteiger partial charge in [0.2, 0.25) is 0 Å². The maximum Gasteiger partial charge on any atom is 0.172 e. The van der Waals surface area contributed by atoms with Crippen LogP contribution in [-0.2, 0) is 9.59 Å².